The summed E-state index contributed by atoms with van der Waals surface area (Å²) in [6.07, 6.45) is 2.76. The lowest BCUT2D eigenvalue weighted by Gasteiger charge is -2.29. The number of amides is 1. The van der Waals surface area contributed by atoms with Gasteiger partial charge in [-0.25, -0.2) is 0 Å². The molecule has 110 valence electrons. The molecule has 0 bridgehead atoms. The van der Waals surface area contributed by atoms with Crippen LogP contribution in [0.4, 0.5) is 0 Å². The average Bonchev–Trinajstić information content (AvgIpc) is 2.20. The number of carbonyl (C=O) groups is 1. The van der Waals surface area contributed by atoms with Crippen molar-refractivity contribution in [1.29, 1.82) is 0 Å². The van der Waals surface area contributed by atoms with Crippen LogP contribution in [0, 0.1) is 5.41 Å². The number of hydrogen-bond acceptors (Lipinski definition) is 4. The molecule has 0 aromatic carbocycles. The molecule has 0 heterocycles. The van der Waals surface area contributed by atoms with E-state index in [9.17, 15) is 4.79 Å². The van der Waals surface area contributed by atoms with Crippen LogP contribution in [-0.2, 0) is 4.79 Å². The fourth-order valence-corrected chi connectivity index (χ4v) is 2.23. The first-order valence-electron chi connectivity index (χ1n) is 5.95. The van der Waals surface area contributed by atoms with Crippen LogP contribution in [0.25, 0.3) is 0 Å². The number of thioether (sulfide) groups is 1. The molecular formula is C12H28ClN3OS. The zero-order valence-corrected chi connectivity index (χ0v) is 13.8. The lowest BCUT2D eigenvalue weighted by molar-refractivity contribution is -0.122. The van der Waals surface area contributed by atoms with Crippen molar-refractivity contribution in [2.24, 2.45) is 11.1 Å². The van der Waals surface area contributed by atoms with E-state index in [4.69, 9.17) is 5.73 Å². The van der Waals surface area contributed by atoms with E-state index >= 15 is 0 Å². The highest BCUT2D eigenvalue weighted by atomic mass is 35.5. The maximum Gasteiger partial charge on any atom is 0.236 e. The molecule has 0 saturated carbocycles. The van der Waals surface area contributed by atoms with Gasteiger partial charge in [0.25, 0.3) is 0 Å². The number of halogens is 1. The van der Waals surface area contributed by atoms with Gasteiger partial charge in [-0.05, 0) is 37.9 Å². The molecule has 0 rings (SSSR count). The Labute approximate surface area is 122 Å². The van der Waals surface area contributed by atoms with Gasteiger partial charge in [-0.1, -0.05) is 13.8 Å². The molecule has 18 heavy (non-hydrogen) atoms. The maximum absolute atomic E-state index is 11.7. The molecule has 0 fully saturated rings. The smallest absolute Gasteiger partial charge is 0.236 e. The fourth-order valence-electron chi connectivity index (χ4n) is 1.75. The third-order valence-electron chi connectivity index (χ3n) is 2.46. The minimum atomic E-state index is -0.377. The Hall–Kier alpha value is 0.0300. The normalized spacial score (nSPS) is 13.1. The van der Waals surface area contributed by atoms with Crippen molar-refractivity contribution >= 4 is 30.1 Å². The largest absolute Gasteiger partial charge is 0.354 e. The van der Waals surface area contributed by atoms with Crippen LogP contribution >= 0.6 is 24.2 Å². The molecule has 0 aliphatic heterocycles. The molecular weight excluding hydrogens is 270 g/mol. The molecule has 0 radical (unpaired) electrons. The van der Waals surface area contributed by atoms with Gasteiger partial charge in [0.2, 0.25) is 5.91 Å². The summed E-state index contributed by atoms with van der Waals surface area (Å²) in [7, 11) is 4.07. The van der Waals surface area contributed by atoms with Crippen molar-refractivity contribution in [2.75, 3.05) is 39.2 Å². The Morgan fingerprint density at radius 3 is 2.44 bits per heavy atom. The van der Waals surface area contributed by atoms with Gasteiger partial charge in [-0.3, -0.25) is 4.79 Å². The summed E-state index contributed by atoms with van der Waals surface area (Å²) in [5, 5.41) is 2.94. The van der Waals surface area contributed by atoms with Gasteiger partial charge in [0.15, 0.2) is 0 Å². The number of carbonyl (C=O) groups excluding carboxylic acids is 1. The van der Waals surface area contributed by atoms with E-state index in [0.717, 1.165) is 18.7 Å². The predicted molar refractivity (Wildman–Crippen MR) is 83.6 cm³/mol. The molecule has 0 aromatic heterocycles. The summed E-state index contributed by atoms with van der Waals surface area (Å²) in [6, 6.07) is -0.377. The quantitative estimate of drug-likeness (QED) is 0.707. The molecule has 3 N–H and O–H groups in total. The van der Waals surface area contributed by atoms with Gasteiger partial charge in [0.05, 0.1) is 6.04 Å². The monoisotopic (exact) mass is 297 g/mol. The molecule has 4 nitrogen and oxygen atoms in total. The van der Waals surface area contributed by atoms with E-state index in [1.165, 1.54) is 0 Å². The zero-order chi connectivity index (χ0) is 13.5. The Morgan fingerprint density at radius 2 is 2.00 bits per heavy atom. The Morgan fingerprint density at radius 1 is 1.44 bits per heavy atom. The molecule has 6 heteroatoms. The first-order valence-corrected chi connectivity index (χ1v) is 7.35. The predicted octanol–water partition coefficient (Wildman–Crippen LogP) is 1.19. The molecule has 1 amide bonds. The van der Waals surface area contributed by atoms with Gasteiger partial charge in [0, 0.05) is 13.1 Å². The highest BCUT2D eigenvalue weighted by Gasteiger charge is 2.21. The van der Waals surface area contributed by atoms with E-state index in [2.05, 4.69) is 24.1 Å². The second kappa shape index (κ2) is 9.89. The molecule has 0 aliphatic carbocycles. The first-order chi connectivity index (χ1) is 7.78. The maximum atomic E-state index is 11.7. The second-order valence-electron chi connectivity index (χ2n) is 5.51. The van der Waals surface area contributed by atoms with Gasteiger partial charge < -0.3 is 16.0 Å². The lowest BCUT2D eigenvalue weighted by Crippen LogP contribution is -2.46. The van der Waals surface area contributed by atoms with Gasteiger partial charge in [0.1, 0.15) is 0 Å². The summed E-state index contributed by atoms with van der Waals surface area (Å²) in [6.45, 7) is 5.88. The first kappa shape index (κ1) is 20.3. The van der Waals surface area contributed by atoms with Crippen molar-refractivity contribution in [2.45, 2.75) is 26.3 Å². The summed E-state index contributed by atoms with van der Waals surface area (Å²) >= 11 is 1.71. The van der Waals surface area contributed by atoms with Crippen LogP contribution in [0.3, 0.4) is 0 Å². The van der Waals surface area contributed by atoms with E-state index in [1.807, 2.05) is 20.4 Å². The van der Waals surface area contributed by atoms with Crippen LogP contribution in [0.1, 0.15) is 20.3 Å². The fraction of sp³-hybridized carbons (Fsp3) is 0.917. The highest BCUT2D eigenvalue weighted by Crippen LogP contribution is 2.14. The van der Waals surface area contributed by atoms with E-state index in [0.29, 0.717) is 6.54 Å². The van der Waals surface area contributed by atoms with Crippen molar-refractivity contribution in [1.82, 2.24) is 10.2 Å². The van der Waals surface area contributed by atoms with Crippen molar-refractivity contribution < 1.29 is 4.79 Å². The van der Waals surface area contributed by atoms with Crippen LogP contribution in [0.15, 0.2) is 0 Å². The summed E-state index contributed by atoms with van der Waals surface area (Å²) in [4.78, 5) is 13.8. The standard InChI is InChI=1S/C12H27N3OS.ClH/c1-12(2,9-15(3)4)8-14-11(16)10(13)6-7-17-5;/h10H,6-9,13H2,1-5H3,(H,14,16);1H/t10-;/m0./s1. The third-order valence-corrected chi connectivity index (χ3v) is 3.10. The molecule has 0 saturated heterocycles. The van der Waals surface area contributed by atoms with Gasteiger partial charge >= 0.3 is 0 Å². The second-order valence-corrected chi connectivity index (χ2v) is 6.49. The number of rotatable bonds is 8. The summed E-state index contributed by atoms with van der Waals surface area (Å²) in [5.74, 6) is 0.890. The highest BCUT2D eigenvalue weighted by molar-refractivity contribution is 7.98. The van der Waals surface area contributed by atoms with Crippen molar-refractivity contribution in [3.63, 3.8) is 0 Å². The van der Waals surface area contributed by atoms with E-state index in [-0.39, 0.29) is 29.8 Å². The van der Waals surface area contributed by atoms with Gasteiger partial charge in [-0.2, -0.15) is 11.8 Å². The number of nitrogens with zero attached hydrogens (tertiary/aromatic N) is 1. The Kier molecular flexibility index (Phi) is 11.2. The Balaban J connectivity index is 0. The molecule has 0 unspecified atom stereocenters. The SMILES string of the molecule is CSCC[C@H](N)C(=O)NCC(C)(C)CN(C)C.Cl. The van der Waals surface area contributed by atoms with E-state index in [1.54, 1.807) is 11.8 Å². The van der Waals surface area contributed by atoms with Crippen LogP contribution in [0.2, 0.25) is 0 Å². The van der Waals surface area contributed by atoms with Gasteiger partial charge in [-0.15, -0.1) is 12.4 Å². The number of hydrogen-bond donors (Lipinski definition) is 2. The number of nitrogens with one attached hydrogen (secondary N) is 1. The Bertz CT molecular complexity index is 237. The van der Waals surface area contributed by atoms with Crippen LogP contribution < -0.4 is 11.1 Å². The van der Waals surface area contributed by atoms with E-state index < -0.39 is 0 Å². The zero-order valence-electron chi connectivity index (χ0n) is 12.2. The van der Waals surface area contributed by atoms with Crippen LogP contribution in [-0.4, -0.2) is 56.0 Å². The minimum absolute atomic E-state index is 0. The van der Waals surface area contributed by atoms with Crippen molar-refractivity contribution in [3.05, 3.63) is 0 Å². The summed E-state index contributed by atoms with van der Waals surface area (Å²) in [5.41, 5.74) is 5.87. The molecule has 1 atom stereocenters. The molecule has 0 spiro atoms. The average molecular weight is 298 g/mol. The number of nitrogens with two attached hydrogens (primary N) is 1. The van der Waals surface area contributed by atoms with Crippen molar-refractivity contribution in [3.8, 4) is 0 Å². The minimum Gasteiger partial charge on any atom is -0.354 e. The molecule has 0 aliphatic rings. The summed E-state index contributed by atoms with van der Waals surface area (Å²) < 4.78 is 0. The van der Waals surface area contributed by atoms with Crippen LogP contribution in [0.5, 0.6) is 0 Å². The third kappa shape index (κ3) is 10.00. The topological polar surface area (TPSA) is 58.4 Å². The lowest BCUT2D eigenvalue weighted by atomic mass is 9.93. The molecule has 0 aromatic rings.